The smallest absolute Gasteiger partial charge is 0.129 e. The summed E-state index contributed by atoms with van der Waals surface area (Å²) in [4.78, 5) is 13.1. The van der Waals surface area contributed by atoms with Crippen molar-refractivity contribution in [3.8, 4) is 0 Å². The molecule has 1 saturated heterocycles. The third-order valence-corrected chi connectivity index (χ3v) is 3.00. The molecule has 2 atom stereocenters. The molecule has 0 aromatic rings. The van der Waals surface area contributed by atoms with Crippen molar-refractivity contribution in [1.29, 1.82) is 0 Å². The largest absolute Gasteiger partial charge is 0.379 e. The van der Waals surface area contributed by atoms with Crippen LogP contribution >= 0.6 is 0 Å². The van der Waals surface area contributed by atoms with Crippen molar-refractivity contribution >= 4 is 5.78 Å². The van der Waals surface area contributed by atoms with Crippen molar-refractivity contribution in [2.45, 2.75) is 38.3 Å². The number of nitrogens with zero attached hydrogens (tertiary/aromatic N) is 1. The van der Waals surface area contributed by atoms with Crippen LogP contribution in [0.4, 0.5) is 0 Å². The van der Waals surface area contributed by atoms with Crippen LogP contribution in [0.3, 0.4) is 0 Å². The Kier molecular flexibility index (Phi) is 5.22. The average Bonchev–Trinajstić information content (AvgIpc) is 2.20. The first-order valence-corrected chi connectivity index (χ1v) is 5.63. The summed E-state index contributed by atoms with van der Waals surface area (Å²) in [7, 11) is 1.71. The second kappa shape index (κ2) is 6.20. The number of Topliss-reactive ketones (excluding diaryl/α,β-unsaturated/α-hetero) is 1. The van der Waals surface area contributed by atoms with Crippen molar-refractivity contribution < 1.29 is 9.53 Å². The Bertz CT molecular complexity index is 209. The standard InChI is InChI=1S/C11H22N2O2/c1-9(14)4-3-6-13-7-5-10(12)11(8-13)15-2/h10-11H,3-8,12H2,1-2H3. The van der Waals surface area contributed by atoms with Crippen LogP contribution in [-0.2, 0) is 9.53 Å². The first kappa shape index (κ1) is 12.6. The maximum atomic E-state index is 10.8. The predicted molar refractivity (Wildman–Crippen MR) is 59.7 cm³/mol. The van der Waals surface area contributed by atoms with Gasteiger partial charge in [0.2, 0.25) is 0 Å². The number of nitrogens with two attached hydrogens (primary N) is 1. The van der Waals surface area contributed by atoms with Gasteiger partial charge in [0.05, 0.1) is 6.10 Å². The second-order valence-corrected chi connectivity index (χ2v) is 4.33. The second-order valence-electron chi connectivity index (χ2n) is 4.33. The minimum atomic E-state index is 0.149. The van der Waals surface area contributed by atoms with Crippen LogP contribution < -0.4 is 5.73 Å². The molecule has 0 amide bonds. The number of likely N-dealkylation sites (tertiary alicyclic amines) is 1. The molecule has 0 spiro atoms. The molecule has 88 valence electrons. The molecule has 1 fully saturated rings. The Balaban J connectivity index is 2.23. The first-order valence-electron chi connectivity index (χ1n) is 5.63. The molecule has 2 unspecified atom stereocenters. The van der Waals surface area contributed by atoms with Crippen LogP contribution in [0, 0.1) is 0 Å². The van der Waals surface area contributed by atoms with Crippen LogP contribution in [0.25, 0.3) is 0 Å². The average molecular weight is 214 g/mol. The molecule has 0 saturated carbocycles. The number of methoxy groups -OCH3 is 1. The summed E-state index contributed by atoms with van der Waals surface area (Å²) in [5.41, 5.74) is 5.92. The molecule has 15 heavy (non-hydrogen) atoms. The Morgan fingerprint density at radius 3 is 2.93 bits per heavy atom. The lowest BCUT2D eigenvalue weighted by atomic mass is 10.0. The van der Waals surface area contributed by atoms with E-state index in [9.17, 15) is 4.79 Å². The fourth-order valence-electron chi connectivity index (χ4n) is 2.00. The number of hydrogen-bond acceptors (Lipinski definition) is 4. The molecular weight excluding hydrogens is 192 g/mol. The summed E-state index contributed by atoms with van der Waals surface area (Å²) in [5.74, 6) is 0.270. The van der Waals surface area contributed by atoms with Crippen LogP contribution in [0.1, 0.15) is 26.2 Å². The zero-order valence-corrected chi connectivity index (χ0v) is 9.74. The summed E-state index contributed by atoms with van der Waals surface area (Å²) in [6.07, 6.45) is 2.76. The van der Waals surface area contributed by atoms with Gasteiger partial charge < -0.3 is 20.2 Å². The van der Waals surface area contributed by atoms with Crippen molar-refractivity contribution in [2.75, 3.05) is 26.7 Å². The van der Waals surface area contributed by atoms with Gasteiger partial charge in [0.25, 0.3) is 0 Å². The molecule has 0 aromatic carbocycles. The van der Waals surface area contributed by atoms with Crippen molar-refractivity contribution in [3.63, 3.8) is 0 Å². The molecule has 1 rings (SSSR count). The van der Waals surface area contributed by atoms with E-state index in [1.54, 1.807) is 14.0 Å². The number of ether oxygens (including phenoxy) is 1. The highest BCUT2D eigenvalue weighted by Crippen LogP contribution is 2.12. The Hall–Kier alpha value is -0.450. The van der Waals surface area contributed by atoms with E-state index in [1.165, 1.54) is 0 Å². The van der Waals surface area contributed by atoms with E-state index in [4.69, 9.17) is 10.5 Å². The highest BCUT2D eigenvalue weighted by Gasteiger charge is 2.25. The van der Waals surface area contributed by atoms with Crippen LogP contribution in [0.15, 0.2) is 0 Å². The Morgan fingerprint density at radius 2 is 2.33 bits per heavy atom. The number of hydrogen-bond donors (Lipinski definition) is 1. The number of carbonyl (C=O) groups excluding carboxylic acids is 1. The van der Waals surface area contributed by atoms with E-state index in [0.717, 1.165) is 32.5 Å². The predicted octanol–water partition coefficient (Wildman–Crippen LogP) is 0.404. The summed E-state index contributed by atoms with van der Waals surface area (Å²) >= 11 is 0. The molecule has 4 heteroatoms. The number of piperidine rings is 1. The molecule has 1 aliphatic heterocycles. The fourth-order valence-corrected chi connectivity index (χ4v) is 2.00. The SMILES string of the molecule is COC1CN(CCCC(C)=O)CCC1N. The van der Waals surface area contributed by atoms with E-state index in [2.05, 4.69) is 4.90 Å². The lowest BCUT2D eigenvalue weighted by molar-refractivity contribution is -0.117. The monoisotopic (exact) mass is 214 g/mol. The quantitative estimate of drug-likeness (QED) is 0.720. The molecule has 2 N–H and O–H groups in total. The lowest BCUT2D eigenvalue weighted by Crippen LogP contribution is -2.51. The van der Waals surface area contributed by atoms with E-state index < -0.39 is 0 Å². The van der Waals surface area contributed by atoms with Crippen LogP contribution in [0.5, 0.6) is 0 Å². The molecule has 0 radical (unpaired) electrons. The van der Waals surface area contributed by atoms with E-state index in [-0.39, 0.29) is 17.9 Å². The van der Waals surface area contributed by atoms with Crippen molar-refractivity contribution in [1.82, 2.24) is 4.90 Å². The van der Waals surface area contributed by atoms with Crippen molar-refractivity contribution in [2.24, 2.45) is 5.73 Å². The first-order chi connectivity index (χ1) is 7.13. The normalized spacial score (nSPS) is 27.9. The maximum Gasteiger partial charge on any atom is 0.129 e. The summed E-state index contributed by atoms with van der Waals surface area (Å²) in [6.45, 7) is 4.55. The Morgan fingerprint density at radius 1 is 1.60 bits per heavy atom. The summed E-state index contributed by atoms with van der Waals surface area (Å²) in [6, 6.07) is 0.166. The molecule has 0 aromatic heterocycles. The maximum absolute atomic E-state index is 10.8. The molecule has 4 nitrogen and oxygen atoms in total. The minimum absolute atomic E-state index is 0.149. The fraction of sp³-hybridized carbons (Fsp3) is 0.909. The number of rotatable bonds is 5. The lowest BCUT2D eigenvalue weighted by Gasteiger charge is -2.35. The Labute approximate surface area is 91.8 Å². The van der Waals surface area contributed by atoms with Crippen LogP contribution in [0.2, 0.25) is 0 Å². The molecule has 0 aliphatic carbocycles. The molecule has 0 bridgehead atoms. The third kappa shape index (κ3) is 4.28. The van der Waals surface area contributed by atoms with E-state index in [0.29, 0.717) is 6.42 Å². The van der Waals surface area contributed by atoms with Gasteiger partial charge in [-0.05, 0) is 32.9 Å². The number of carbonyl (C=O) groups is 1. The third-order valence-electron chi connectivity index (χ3n) is 3.00. The van der Waals surface area contributed by atoms with E-state index >= 15 is 0 Å². The van der Waals surface area contributed by atoms with Gasteiger partial charge in [-0.15, -0.1) is 0 Å². The van der Waals surface area contributed by atoms with Gasteiger partial charge in [0.1, 0.15) is 5.78 Å². The van der Waals surface area contributed by atoms with Gasteiger partial charge in [0, 0.05) is 26.1 Å². The zero-order valence-electron chi connectivity index (χ0n) is 9.74. The van der Waals surface area contributed by atoms with Gasteiger partial charge in [-0.1, -0.05) is 0 Å². The highest BCUT2D eigenvalue weighted by molar-refractivity contribution is 5.75. The van der Waals surface area contributed by atoms with Crippen LogP contribution in [-0.4, -0.2) is 49.6 Å². The van der Waals surface area contributed by atoms with Gasteiger partial charge >= 0.3 is 0 Å². The van der Waals surface area contributed by atoms with E-state index in [1.807, 2.05) is 0 Å². The van der Waals surface area contributed by atoms with Gasteiger partial charge in [0.15, 0.2) is 0 Å². The molecule has 1 heterocycles. The summed E-state index contributed by atoms with van der Waals surface area (Å²) in [5, 5.41) is 0. The van der Waals surface area contributed by atoms with Gasteiger partial charge in [-0.3, -0.25) is 0 Å². The van der Waals surface area contributed by atoms with Crippen molar-refractivity contribution in [3.05, 3.63) is 0 Å². The minimum Gasteiger partial charge on any atom is -0.379 e. The van der Waals surface area contributed by atoms with Gasteiger partial charge in [-0.25, -0.2) is 0 Å². The highest BCUT2D eigenvalue weighted by atomic mass is 16.5. The topological polar surface area (TPSA) is 55.6 Å². The number of ketones is 1. The molecule has 1 aliphatic rings. The van der Waals surface area contributed by atoms with Gasteiger partial charge in [-0.2, -0.15) is 0 Å². The zero-order chi connectivity index (χ0) is 11.3. The molecular formula is C11H22N2O2. The summed E-state index contributed by atoms with van der Waals surface area (Å²) < 4.78 is 5.33.